The standard InChI is InChI=1S/C20H19NO3S/c1-24-16-11-9-14(10-12-16)13-15(5-4-8-19(22)23)20-21-17-6-2-3-7-18(17)25-20/h2-3,6-7,9-13H,4-5,8H2,1H3,(H,22,23)/b15-13+. The first kappa shape index (κ1) is 17.2. The number of fused-ring (bicyclic) bond motifs is 1. The molecule has 0 saturated heterocycles. The first-order chi connectivity index (χ1) is 12.2. The van der Waals surface area contributed by atoms with Crippen molar-refractivity contribution in [2.24, 2.45) is 0 Å². The summed E-state index contributed by atoms with van der Waals surface area (Å²) in [5.74, 6) is 0.0395. The molecule has 3 rings (SSSR count). The third-order valence-electron chi connectivity index (χ3n) is 3.86. The van der Waals surface area contributed by atoms with Gasteiger partial charge in [0.25, 0.3) is 0 Å². The number of carboxylic acids is 1. The molecule has 0 fully saturated rings. The number of carbonyl (C=O) groups is 1. The number of hydrogen-bond acceptors (Lipinski definition) is 4. The number of aliphatic carboxylic acids is 1. The van der Waals surface area contributed by atoms with Crippen molar-refractivity contribution in [1.82, 2.24) is 4.98 Å². The van der Waals surface area contributed by atoms with Gasteiger partial charge < -0.3 is 9.84 Å². The second-order valence-corrected chi connectivity index (χ2v) is 6.71. The molecule has 0 atom stereocenters. The number of rotatable bonds is 7. The smallest absolute Gasteiger partial charge is 0.303 e. The highest BCUT2D eigenvalue weighted by Crippen LogP contribution is 2.31. The Balaban J connectivity index is 1.92. The van der Waals surface area contributed by atoms with E-state index in [1.807, 2.05) is 42.5 Å². The van der Waals surface area contributed by atoms with Crippen molar-refractivity contribution in [3.63, 3.8) is 0 Å². The minimum atomic E-state index is -0.770. The molecule has 128 valence electrons. The third kappa shape index (κ3) is 4.45. The van der Waals surface area contributed by atoms with E-state index in [0.29, 0.717) is 12.8 Å². The van der Waals surface area contributed by atoms with Crippen molar-refractivity contribution in [2.75, 3.05) is 7.11 Å². The van der Waals surface area contributed by atoms with Crippen LogP contribution in [-0.2, 0) is 4.79 Å². The number of nitrogens with zero attached hydrogens (tertiary/aromatic N) is 1. The summed E-state index contributed by atoms with van der Waals surface area (Å²) >= 11 is 1.64. The van der Waals surface area contributed by atoms with Crippen LogP contribution in [0.4, 0.5) is 0 Å². The lowest BCUT2D eigenvalue weighted by atomic mass is 10.1. The van der Waals surface area contributed by atoms with E-state index in [9.17, 15) is 4.79 Å². The fourth-order valence-electron chi connectivity index (χ4n) is 2.58. The van der Waals surface area contributed by atoms with Crippen LogP contribution in [0, 0.1) is 0 Å². The second-order valence-electron chi connectivity index (χ2n) is 5.68. The van der Waals surface area contributed by atoms with E-state index in [1.165, 1.54) is 0 Å². The lowest BCUT2D eigenvalue weighted by Gasteiger charge is -2.05. The van der Waals surface area contributed by atoms with Crippen molar-refractivity contribution < 1.29 is 14.6 Å². The minimum absolute atomic E-state index is 0.158. The number of thiazole rings is 1. The van der Waals surface area contributed by atoms with Crippen molar-refractivity contribution >= 4 is 39.2 Å². The molecule has 1 N–H and O–H groups in total. The largest absolute Gasteiger partial charge is 0.497 e. The number of para-hydroxylation sites is 1. The van der Waals surface area contributed by atoms with Crippen LogP contribution in [0.3, 0.4) is 0 Å². The Morgan fingerprint density at radius 2 is 1.92 bits per heavy atom. The van der Waals surface area contributed by atoms with Crippen LogP contribution in [-0.4, -0.2) is 23.2 Å². The highest BCUT2D eigenvalue weighted by atomic mass is 32.1. The van der Waals surface area contributed by atoms with Gasteiger partial charge in [-0.25, -0.2) is 4.98 Å². The zero-order valence-electron chi connectivity index (χ0n) is 13.9. The number of hydrogen-bond donors (Lipinski definition) is 1. The number of methoxy groups -OCH3 is 1. The highest BCUT2D eigenvalue weighted by molar-refractivity contribution is 7.19. The Morgan fingerprint density at radius 1 is 1.16 bits per heavy atom. The normalized spacial score (nSPS) is 11.6. The maximum absolute atomic E-state index is 10.8. The monoisotopic (exact) mass is 353 g/mol. The van der Waals surface area contributed by atoms with Gasteiger partial charge in [0.05, 0.1) is 17.3 Å². The molecule has 5 heteroatoms. The Hall–Kier alpha value is -2.66. The van der Waals surface area contributed by atoms with Gasteiger partial charge in [-0.05, 0) is 54.3 Å². The fraction of sp³-hybridized carbons (Fsp3) is 0.200. The Bertz CT molecular complexity index is 864. The van der Waals surface area contributed by atoms with Crippen LogP contribution in [0.2, 0.25) is 0 Å². The summed E-state index contributed by atoms with van der Waals surface area (Å²) in [7, 11) is 1.64. The molecule has 0 amide bonds. The van der Waals surface area contributed by atoms with Crippen LogP contribution in [0.15, 0.2) is 48.5 Å². The van der Waals surface area contributed by atoms with Gasteiger partial charge in [-0.2, -0.15) is 0 Å². The molecule has 0 aliphatic rings. The van der Waals surface area contributed by atoms with E-state index < -0.39 is 5.97 Å². The topological polar surface area (TPSA) is 59.4 Å². The summed E-state index contributed by atoms with van der Waals surface area (Å²) in [5, 5.41) is 9.86. The molecule has 0 spiro atoms. The van der Waals surface area contributed by atoms with Crippen LogP contribution >= 0.6 is 11.3 Å². The summed E-state index contributed by atoms with van der Waals surface area (Å²) < 4.78 is 6.33. The van der Waals surface area contributed by atoms with Gasteiger partial charge in [-0.1, -0.05) is 24.3 Å². The number of allylic oxidation sites excluding steroid dienone is 1. The molecule has 0 radical (unpaired) electrons. The van der Waals surface area contributed by atoms with Crippen LogP contribution < -0.4 is 4.74 Å². The Kier molecular flexibility index (Phi) is 5.46. The predicted molar refractivity (Wildman–Crippen MR) is 102 cm³/mol. The number of ether oxygens (including phenoxy) is 1. The summed E-state index contributed by atoms with van der Waals surface area (Å²) in [6.45, 7) is 0. The number of aromatic nitrogens is 1. The van der Waals surface area contributed by atoms with Gasteiger partial charge in [-0.3, -0.25) is 4.79 Å². The summed E-state index contributed by atoms with van der Waals surface area (Å²) in [6, 6.07) is 15.8. The molecule has 0 aliphatic heterocycles. The maximum atomic E-state index is 10.8. The van der Waals surface area contributed by atoms with Crippen molar-refractivity contribution in [3.05, 3.63) is 59.1 Å². The van der Waals surface area contributed by atoms with Gasteiger partial charge >= 0.3 is 5.97 Å². The minimum Gasteiger partial charge on any atom is -0.497 e. The molecule has 0 saturated carbocycles. The average Bonchev–Trinajstić information content (AvgIpc) is 3.05. The lowest BCUT2D eigenvalue weighted by Crippen LogP contribution is -1.94. The van der Waals surface area contributed by atoms with Gasteiger partial charge in [0, 0.05) is 6.42 Å². The van der Waals surface area contributed by atoms with Crippen LogP contribution in [0.1, 0.15) is 29.8 Å². The molecule has 0 aliphatic carbocycles. The molecule has 1 heterocycles. The Morgan fingerprint density at radius 3 is 2.60 bits per heavy atom. The fourth-order valence-corrected chi connectivity index (χ4v) is 3.59. The maximum Gasteiger partial charge on any atom is 0.303 e. The second kappa shape index (κ2) is 7.94. The van der Waals surface area contributed by atoms with Crippen molar-refractivity contribution in [2.45, 2.75) is 19.3 Å². The van der Waals surface area contributed by atoms with E-state index >= 15 is 0 Å². The average molecular weight is 353 g/mol. The quantitative estimate of drug-likeness (QED) is 0.642. The molecule has 0 unspecified atom stereocenters. The summed E-state index contributed by atoms with van der Waals surface area (Å²) in [5.41, 5.74) is 3.08. The predicted octanol–water partition coefficient (Wildman–Crippen LogP) is 5.10. The van der Waals surface area contributed by atoms with Gasteiger partial charge in [0.1, 0.15) is 10.8 Å². The van der Waals surface area contributed by atoms with E-state index in [-0.39, 0.29) is 6.42 Å². The van der Waals surface area contributed by atoms with Crippen LogP contribution in [0.5, 0.6) is 5.75 Å². The summed E-state index contributed by atoms with van der Waals surface area (Å²) in [4.78, 5) is 15.6. The molecule has 3 aromatic rings. The molecule has 0 bridgehead atoms. The first-order valence-corrected chi connectivity index (χ1v) is 8.90. The van der Waals surface area contributed by atoms with Crippen molar-refractivity contribution in [1.29, 1.82) is 0 Å². The lowest BCUT2D eigenvalue weighted by molar-refractivity contribution is -0.137. The van der Waals surface area contributed by atoms with Crippen molar-refractivity contribution in [3.8, 4) is 5.75 Å². The SMILES string of the molecule is COc1ccc(/C=C(\CCCC(=O)O)c2nc3ccccc3s2)cc1. The Labute approximate surface area is 150 Å². The van der Waals surface area contributed by atoms with Crippen LogP contribution in [0.25, 0.3) is 21.9 Å². The van der Waals surface area contributed by atoms with Gasteiger partial charge in [0.15, 0.2) is 0 Å². The molecule has 25 heavy (non-hydrogen) atoms. The molecule has 2 aromatic carbocycles. The summed E-state index contributed by atoms with van der Waals surface area (Å²) in [6.07, 6.45) is 3.51. The highest BCUT2D eigenvalue weighted by Gasteiger charge is 2.10. The van der Waals surface area contributed by atoms with E-state index in [1.54, 1.807) is 18.4 Å². The van der Waals surface area contributed by atoms with E-state index in [0.717, 1.165) is 32.1 Å². The van der Waals surface area contributed by atoms with E-state index in [2.05, 4.69) is 12.1 Å². The molecular formula is C20H19NO3S. The zero-order valence-corrected chi connectivity index (χ0v) is 14.8. The molecule has 1 aromatic heterocycles. The van der Waals surface area contributed by atoms with Gasteiger partial charge in [-0.15, -0.1) is 11.3 Å². The first-order valence-electron chi connectivity index (χ1n) is 8.08. The number of carboxylic acid groups (broad SMARTS) is 1. The molecular weight excluding hydrogens is 334 g/mol. The number of benzene rings is 2. The van der Waals surface area contributed by atoms with E-state index in [4.69, 9.17) is 14.8 Å². The molecule has 4 nitrogen and oxygen atoms in total. The zero-order chi connectivity index (χ0) is 17.6. The van der Waals surface area contributed by atoms with Gasteiger partial charge in [0.2, 0.25) is 0 Å². The third-order valence-corrected chi connectivity index (χ3v) is 4.97.